The maximum absolute atomic E-state index is 11.0. The van der Waals surface area contributed by atoms with Gasteiger partial charge in [-0.25, -0.2) is 19.6 Å². The van der Waals surface area contributed by atoms with Crippen molar-refractivity contribution in [3.63, 3.8) is 0 Å². The quantitative estimate of drug-likeness (QED) is 0.806. The first kappa shape index (κ1) is 10.8. The van der Waals surface area contributed by atoms with Gasteiger partial charge >= 0.3 is 11.9 Å². The number of nitrogens with zero attached hydrogens (tertiary/aromatic N) is 3. The molecule has 0 amide bonds. The fourth-order valence-corrected chi connectivity index (χ4v) is 1.38. The second-order valence-corrected chi connectivity index (χ2v) is 3.11. The van der Waals surface area contributed by atoms with Gasteiger partial charge in [-0.3, -0.25) is 4.57 Å². The average Bonchev–Trinajstić information content (AvgIpc) is 2.74. The van der Waals surface area contributed by atoms with Gasteiger partial charge in [0.2, 0.25) is 0 Å². The van der Waals surface area contributed by atoms with E-state index >= 15 is 0 Å². The zero-order chi connectivity index (χ0) is 12.4. The van der Waals surface area contributed by atoms with Gasteiger partial charge in [0.15, 0.2) is 11.4 Å². The lowest BCUT2D eigenvalue weighted by atomic mass is 10.3. The van der Waals surface area contributed by atoms with Gasteiger partial charge in [0.05, 0.1) is 0 Å². The first-order chi connectivity index (χ1) is 8.11. The van der Waals surface area contributed by atoms with Gasteiger partial charge in [0.25, 0.3) is 0 Å². The Balaban J connectivity index is 2.64. The highest BCUT2D eigenvalue weighted by atomic mass is 16.4. The minimum absolute atomic E-state index is 0.296. The summed E-state index contributed by atoms with van der Waals surface area (Å²) in [5.41, 5.74) is -0.931. The second kappa shape index (κ2) is 4.05. The number of carboxylic acid groups (broad SMARTS) is 2. The molecule has 0 aliphatic rings. The van der Waals surface area contributed by atoms with Gasteiger partial charge in [0.1, 0.15) is 12.1 Å². The van der Waals surface area contributed by atoms with Crippen LogP contribution in [0, 0.1) is 0 Å². The fourth-order valence-electron chi connectivity index (χ4n) is 1.38. The number of hydrogen-bond donors (Lipinski definition) is 2. The standard InChI is InChI=1S/C10H7N3O4/c14-9(15)7-8(10(16)17)13(5-12-7)6-3-1-2-4-11-6/h1-5H,(H,14,15)(H,16,17). The number of aromatic nitrogens is 3. The van der Waals surface area contributed by atoms with E-state index < -0.39 is 23.3 Å². The van der Waals surface area contributed by atoms with Gasteiger partial charge in [-0.1, -0.05) is 6.07 Å². The number of aromatic carboxylic acids is 2. The monoisotopic (exact) mass is 233 g/mol. The number of imidazole rings is 1. The Morgan fingerprint density at radius 3 is 2.41 bits per heavy atom. The van der Waals surface area contributed by atoms with Crippen LogP contribution in [0.25, 0.3) is 5.82 Å². The Hall–Kier alpha value is -2.70. The average molecular weight is 233 g/mol. The van der Waals surface area contributed by atoms with Crippen LogP contribution in [0.1, 0.15) is 21.0 Å². The highest BCUT2D eigenvalue weighted by Crippen LogP contribution is 2.13. The fraction of sp³-hybridized carbons (Fsp3) is 0. The summed E-state index contributed by atoms with van der Waals surface area (Å²) >= 11 is 0. The maximum Gasteiger partial charge on any atom is 0.357 e. The molecule has 0 saturated heterocycles. The highest BCUT2D eigenvalue weighted by Gasteiger charge is 2.23. The second-order valence-electron chi connectivity index (χ2n) is 3.11. The summed E-state index contributed by atoms with van der Waals surface area (Å²) in [4.78, 5) is 29.3. The molecule has 0 radical (unpaired) electrons. The van der Waals surface area contributed by atoms with Crippen LogP contribution in [0.4, 0.5) is 0 Å². The van der Waals surface area contributed by atoms with E-state index in [1.54, 1.807) is 18.2 Å². The summed E-state index contributed by atoms with van der Waals surface area (Å²) in [5, 5.41) is 17.8. The van der Waals surface area contributed by atoms with Gasteiger partial charge in [0, 0.05) is 6.20 Å². The largest absolute Gasteiger partial charge is 0.476 e. The summed E-state index contributed by atoms with van der Waals surface area (Å²) in [7, 11) is 0. The zero-order valence-corrected chi connectivity index (χ0v) is 8.44. The van der Waals surface area contributed by atoms with E-state index in [0.29, 0.717) is 5.82 Å². The third kappa shape index (κ3) is 1.85. The molecule has 0 aromatic carbocycles. The zero-order valence-electron chi connectivity index (χ0n) is 8.44. The smallest absolute Gasteiger partial charge is 0.357 e. The van der Waals surface area contributed by atoms with Crippen LogP contribution in [0.15, 0.2) is 30.7 Å². The van der Waals surface area contributed by atoms with E-state index in [9.17, 15) is 9.59 Å². The first-order valence-corrected chi connectivity index (χ1v) is 4.56. The van der Waals surface area contributed by atoms with E-state index in [4.69, 9.17) is 10.2 Å². The van der Waals surface area contributed by atoms with Crippen molar-refractivity contribution in [1.29, 1.82) is 0 Å². The molecule has 0 aliphatic heterocycles. The molecule has 0 fully saturated rings. The Kier molecular flexibility index (Phi) is 2.57. The molecule has 7 nitrogen and oxygen atoms in total. The third-order valence-electron chi connectivity index (χ3n) is 2.07. The lowest BCUT2D eigenvalue weighted by Crippen LogP contribution is -2.12. The third-order valence-corrected chi connectivity index (χ3v) is 2.07. The van der Waals surface area contributed by atoms with Crippen molar-refractivity contribution >= 4 is 11.9 Å². The van der Waals surface area contributed by atoms with E-state index in [0.717, 1.165) is 10.9 Å². The van der Waals surface area contributed by atoms with Crippen LogP contribution < -0.4 is 0 Å². The number of rotatable bonds is 3. The van der Waals surface area contributed by atoms with Crippen molar-refractivity contribution in [1.82, 2.24) is 14.5 Å². The van der Waals surface area contributed by atoms with E-state index in [2.05, 4.69) is 9.97 Å². The molecule has 2 heterocycles. The van der Waals surface area contributed by atoms with E-state index in [1.165, 1.54) is 6.20 Å². The van der Waals surface area contributed by atoms with Crippen molar-refractivity contribution < 1.29 is 19.8 Å². The van der Waals surface area contributed by atoms with Crippen LogP contribution in [0.2, 0.25) is 0 Å². The summed E-state index contributed by atoms with van der Waals surface area (Å²) in [6.45, 7) is 0. The number of carbonyl (C=O) groups is 2. The molecule has 86 valence electrons. The highest BCUT2D eigenvalue weighted by molar-refractivity contribution is 5.99. The Bertz CT molecular complexity index is 576. The van der Waals surface area contributed by atoms with Crippen LogP contribution in [-0.4, -0.2) is 36.7 Å². The molecule has 0 bridgehead atoms. The molecule has 2 rings (SSSR count). The summed E-state index contributed by atoms with van der Waals surface area (Å²) in [5.74, 6) is -2.47. The van der Waals surface area contributed by atoms with Gasteiger partial charge in [-0.05, 0) is 12.1 Å². The molecule has 7 heteroatoms. The molecule has 0 unspecified atom stereocenters. The molecule has 0 aliphatic carbocycles. The van der Waals surface area contributed by atoms with Crippen LogP contribution in [0.3, 0.4) is 0 Å². The molecule has 0 atom stereocenters. The number of pyridine rings is 1. The van der Waals surface area contributed by atoms with E-state index in [1.807, 2.05) is 0 Å². The lowest BCUT2D eigenvalue weighted by molar-refractivity contribution is 0.0642. The van der Waals surface area contributed by atoms with Crippen LogP contribution in [0.5, 0.6) is 0 Å². The maximum atomic E-state index is 11.0. The Morgan fingerprint density at radius 1 is 1.12 bits per heavy atom. The van der Waals surface area contributed by atoms with Crippen LogP contribution >= 0.6 is 0 Å². The predicted molar refractivity (Wildman–Crippen MR) is 55.3 cm³/mol. The van der Waals surface area contributed by atoms with Crippen LogP contribution in [-0.2, 0) is 0 Å². The molecule has 2 N–H and O–H groups in total. The minimum atomic E-state index is -1.39. The van der Waals surface area contributed by atoms with Gasteiger partial charge < -0.3 is 10.2 Å². The normalized spacial score (nSPS) is 10.1. The van der Waals surface area contributed by atoms with Crippen molar-refractivity contribution in [2.45, 2.75) is 0 Å². The van der Waals surface area contributed by atoms with Crippen molar-refractivity contribution in [2.75, 3.05) is 0 Å². The molecule has 2 aromatic heterocycles. The molecular weight excluding hydrogens is 226 g/mol. The molecular formula is C10H7N3O4. The first-order valence-electron chi connectivity index (χ1n) is 4.56. The topological polar surface area (TPSA) is 105 Å². The van der Waals surface area contributed by atoms with Gasteiger partial charge in [-0.15, -0.1) is 0 Å². The summed E-state index contributed by atoms with van der Waals surface area (Å²) in [6.07, 6.45) is 2.59. The van der Waals surface area contributed by atoms with Crippen molar-refractivity contribution in [3.05, 3.63) is 42.1 Å². The lowest BCUT2D eigenvalue weighted by Gasteiger charge is -2.03. The minimum Gasteiger partial charge on any atom is -0.476 e. The van der Waals surface area contributed by atoms with Gasteiger partial charge in [-0.2, -0.15) is 0 Å². The van der Waals surface area contributed by atoms with Crippen molar-refractivity contribution in [2.24, 2.45) is 0 Å². The molecule has 0 saturated carbocycles. The SMILES string of the molecule is O=C(O)c1ncn(-c2ccccn2)c1C(=O)O. The Labute approximate surface area is 95.0 Å². The molecule has 0 spiro atoms. The predicted octanol–water partition coefficient (Wildman–Crippen LogP) is 0.664. The molecule has 2 aromatic rings. The summed E-state index contributed by atoms with van der Waals surface area (Å²) in [6, 6.07) is 4.88. The number of hydrogen-bond acceptors (Lipinski definition) is 4. The van der Waals surface area contributed by atoms with Crippen molar-refractivity contribution in [3.8, 4) is 5.82 Å². The summed E-state index contributed by atoms with van der Waals surface area (Å²) < 4.78 is 1.12. The number of carboxylic acids is 2. The molecule has 17 heavy (non-hydrogen) atoms. The Morgan fingerprint density at radius 2 is 1.88 bits per heavy atom. The van der Waals surface area contributed by atoms with E-state index in [-0.39, 0.29) is 0 Å².